The number of amides is 1. The highest BCUT2D eigenvalue weighted by Crippen LogP contribution is 2.40. The minimum absolute atomic E-state index is 0.0151. The molecule has 4 heterocycles. The smallest absolute Gasteiger partial charge is 0.277 e. The van der Waals surface area contributed by atoms with Gasteiger partial charge in [0.25, 0.3) is 5.91 Å². The Kier molecular flexibility index (Phi) is 4.11. The zero-order valence-electron chi connectivity index (χ0n) is 15.7. The van der Waals surface area contributed by atoms with Crippen molar-refractivity contribution in [1.29, 1.82) is 0 Å². The molecule has 0 N–H and O–H groups in total. The van der Waals surface area contributed by atoms with E-state index >= 15 is 0 Å². The fourth-order valence-corrected chi connectivity index (χ4v) is 4.15. The molecule has 1 amide bonds. The van der Waals surface area contributed by atoms with Crippen molar-refractivity contribution in [1.82, 2.24) is 15.0 Å². The Balaban J connectivity index is 1.51. The summed E-state index contributed by atoms with van der Waals surface area (Å²) in [7, 11) is 0. The molecule has 28 heavy (non-hydrogen) atoms. The van der Waals surface area contributed by atoms with E-state index in [1.54, 1.807) is 6.20 Å². The molecular weight excluding hydrogens is 354 g/mol. The van der Waals surface area contributed by atoms with Crippen LogP contribution < -0.4 is 4.74 Å². The van der Waals surface area contributed by atoms with Crippen LogP contribution in [0.4, 0.5) is 0 Å². The molecule has 0 radical (unpaired) electrons. The first-order valence-corrected chi connectivity index (χ1v) is 9.65. The van der Waals surface area contributed by atoms with E-state index in [1.165, 1.54) is 0 Å². The Hall–Kier alpha value is -3.15. The van der Waals surface area contributed by atoms with E-state index in [1.807, 2.05) is 48.4 Å². The van der Waals surface area contributed by atoms with Gasteiger partial charge in [-0.25, -0.2) is 0 Å². The average molecular weight is 375 g/mol. The maximum atomic E-state index is 13.4. The predicted octanol–water partition coefficient (Wildman–Crippen LogP) is 4.30. The van der Waals surface area contributed by atoms with Gasteiger partial charge in [-0.1, -0.05) is 22.9 Å². The standard InChI is InChI=1S/C22H21N3O3/c1-14-7-8-19-16(11-14)21-17(13-27-19)20(24-28-21)22(26)25-10-3-2-6-18(25)15-5-4-9-23-12-15/h4-5,7-9,11-12,18H,2-3,6,10,13H2,1H3. The summed E-state index contributed by atoms with van der Waals surface area (Å²) >= 11 is 0. The van der Waals surface area contributed by atoms with Gasteiger partial charge in [0.15, 0.2) is 11.5 Å². The summed E-state index contributed by atoms with van der Waals surface area (Å²) in [5.41, 5.74) is 4.11. The number of hydrogen-bond acceptors (Lipinski definition) is 5. The molecule has 0 aliphatic carbocycles. The predicted molar refractivity (Wildman–Crippen MR) is 103 cm³/mol. The molecule has 2 aliphatic heterocycles. The summed E-state index contributed by atoms with van der Waals surface area (Å²) in [6.07, 6.45) is 6.60. The molecule has 6 nitrogen and oxygen atoms in total. The Morgan fingerprint density at radius 2 is 2.18 bits per heavy atom. The van der Waals surface area contributed by atoms with Crippen LogP contribution in [0.3, 0.4) is 0 Å². The van der Waals surface area contributed by atoms with Crippen LogP contribution in [0.1, 0.15) is 52.5 Å². The second-order valence-electron chi connectivity index (χ2n) is 7.42. The van der Waals surface area contributed by atoms with Gasteiger partial charge < -0.3 is 14.2 Å². The first-order chi connectivity index (χ1) is 13.7. The molecule has 0 spiro atoms. The lowest BCUT2D eigenvalue weighted by molar-refractivity contribution is 0.0598. The normalized spacial score (nSPS) is 18.2. The molecule has 1 atom stereocenters. The molecule has 1 fully saturated rings. The third-order valence-electron chi connectivity index (χ3n) is 5.58. The number of likely N-dealkylation sites (tertiary alicyclic amines) is 1. The van der Waals surface area contributed by atoms with E-state index in [2.05, 4.69) is 10.1 Å². The van der Waals surface area contributed by atoms with Crippen LogP contribution in [-0.2, 0) is 6.61 Å². The van der Waals surface area contributed by atoms with Crippen molar-refractivity contribution in [3.8, 4) is 17.1 Å². The highest BCUT2D eigenvalue weighted by atomic mass is 16.5. The molecular formula is C22H21N3O3. The van der Waals surface area contributed by atoms with Gasteiger partial charge in [-0.05, 0) is 49.9 Å². The lowest BCUT2D eigenvalue weighted by atomic mass is 9.95. The van der Waals surface area contributed by atoms with E-state index in [4.69, 9.17) is 9.26 Å². The monoisotopic (exact) mass is 375 g/mol. The molecule has 6 heteroatoms. The second kappa shape index (κ2) is 6.78. The van der Waals surface area contributed by atoms with Crippen LogP contribution in [0.15, 0.2) is 47.2 Å². The minimum Gasteiger partial charge on any atom is -0.488 e. The number of aromatic nitrogens is 2. The Morgan fingerprint density at radius 1 is 1.25 bits per heavy atom. The summed E-state index contributed by atoms with van der Waals surface area (Å²) in [5.74, 6) is 1.31. The Morgan fingerprint density at radius 3 is 3.04 bits per heavy atom. The number of pyridine rings is 1. The third kappa shape index (κ3) is 2.76. The topological polar surface area (TPSA) is 68.5 Å². The van der Waals surface area contributed by atoms with E-state index in [0.29, 0.717) is 24.6 Å². The summed E-state index contributed by atoms with van der Waals surface area (Å²) in [4.78, 5) is 19.6. The van der Waals surface area contributed by atoms with Crippen LogP contribution in [-0.4, -0.2) is 27.5 Å². The fourth-order valence-electron chi connectivity index (χ4n) is 4.15. The minimum atomic E-state index is -0.0988. The number of aryl methyl sites for hydroxylation is 1. The van der Waals surface area contributed by atoms with E-state index in [9.17, 15) is 4.79 Å². The van der Waals surface area contributed by atoms with Gasteiger partial charge in [0, 0.05) is 18.9 Å². The van der Waals surface area contributed by atoms with Crippen LogP contribution in [0.5, 0.6) is 5.75 Å². The SMILES string of the molecule is Cc1ccc2c(c1)-c1onc(C(=O)N3CCCCC3c3cccnc3)c1CO2. The number of benzene rings is 1. The maximum absolute atomic E-state index is 13.4. The molecule has 0 bridgehead atoms. The van der Waals surface area contributed by atoms with Crippen molar-refractivity contribution in [3.63, 3.8) is 0 Å². The molecule has 2 aliphatic rings. The van der Waals surface area contributed by atoms with Crippen molar-refractivity contribution in [2.45, 2.75) is 38.8 Å². The largest absolute Gasteiger partial charge is 0.488 e. The molecule has 1 saturated heterocycles. The van der Waals surface area contributed by atoms with Gasteiger partial charge in [0.1, 0.15) is 12.4 Å². The van der Waals surface area contributed by atoms with Crippen molar-refractivity contribution < 1.29 is 14.1 Å². The first kappa shape index (κ1) is 17.0. The number of fused-ring (bicyclic) bond motifs is 3. The van der Waals surface area contributed by atoms with Crippen molar-refractivity contribution in [2.75, 3.05) is 6.54 Å². The Bertz CT molecular complexity index is 1030. The molecule has 1 unspecified atom stereocenters. The molecule has 0 saturated carbocycles. The molecule has 2 aromatic heterocycles. The van der Waals surface area contributed by atoms with E-state index in [-0.39, 0.29) is 11.9 Å². The molecule has 5 rings (SSSR count). The number of carbonyl (C=O) groups is 1. The van der Waals surface area contributed by atoms with E-state index in [0.717, 1.165) is 47.3 Å². The van der Waals surface area contributed by atoms with Gasteiger partial charge in [-0.3, -0.25) is 9.78 Å². The van der Waals surface area contributed by atoms with Crippen LogP contribution in [0.2, 0.25) is 0 Å². The van der Waals surface area contributed by atoms with Gasteiger partial charge in [-0.2, -0.15) is 0 Å². The maximum Gasteiger partial charge on any atom is 0.277 e. The van der Waals surface area contributed by atoms with Gasteiger partial charge in [-0.15, -0.1) is 0 Å². The number of piperidine rings is 1. The van der Waals surface area contributed by atoms with Gasteiger partial charge >= 0.3 is 0 Å². The lowest BCUT2D eigenvalue weighted by Gasteiger charge is -2.35. The third-order valence-corrected chi connectivity index (χ3v) is 5.58. The zero-order chi connectivity index (χ0) is 19.1. The van der Waals surface area contributed by atoms with Gasteiger partial charge in [0.05, 0.1) is 17.2 Å². The lowest BCUT2D eigenvalue weighted by Crippen LogP contribution is -2.39. The molecule has 142 valence electrons. The second-order valence-corrected chi connectivity index (χ2v) is 7.42. The number of hydrogen-bond donors (Lipinski definition) is 0. The Labute approximate surface area is 163 Å². The first-order valence-electron chi connectivity index (χ1n) is 9.65. The van der Waals surface area contributed by atoms with Gasteiger partial charge in [0.2, 0.25) is 0 Å². The van der Waals surface area contributed by atoms with Crippen molar-refractivity contribution >= 4 is 5.91 Å². The zero-order valence-corrected chi connectivity index (χ0v) is 15.7. The quantitative estimate of drug-likeness (QED) is 0.668. The average Bonchev–Trinajstić information content (AvgIpc) is 3.18. The summed E-state index contributed by atoms with van der Waals surface area (Å²) in [6, 6.07) is 9.90. The highest BCUT2D eigenvalue weighted by molar-refractivity contribution is 5.96. The molecule has 3 aromatic rings. The molecule has 1 aromatic carbocycles. The van der Waals surface area contributed by atoms with Crippen LogP contribution in [0.25, 0.3) is 11.3 Å². The van der Waals surface area contributed by atoms with E-state index < -0.39 is 0 Å². The number of carbonyl (C=O) groups excluding carboxylic acids is 1. The summed E-state index contributed by atoms with van der Waals surface area (Å²) in [6.45, 7) is 3.02. The van der Waals surface area contributed by atoms with Crippen molar-refractivity contribution in [2.24, 2.45) is 0 Å². The van der Waals surface area contributed by atoms with Crippen LogP contribution >= 0.6 is 0 Å². The highest BCUT2D eigenvalue weighted by Gasteiger charge is 2.35. The number of rotatable bonds is 2. The fraction of sp³-hybridized carbons (Fsp3) is 0.318. The summed E-state index contributed by atoms with van der Waals surface area (Å²) < 4.78 is 11.5. The van der Waals surface area contributed by atoms with Crippen LogP contribution in [0, 0.1) is 6.92 Å². The number of nitrogens with zero attached hydrogens (tertiary/aromatic N) is 3. The number of ether oxygens (including phenoxy) is 1. The van der Waals surface area contributed by atoms with Crippen molar-refractivity contribution in [3.05, 3.63) is 65.1 Å². The summed E-state index contributed by atoms with van der Waals surface area (Å²) in [5, 5.41) is 4.17.